The second kappa shape index (κ2) is 6.38. The van der Waals surface area contributed by atoms with Gasteiger partial charge in [0.2, 0.25) is 5.82 Å². The molecule has 26 heavy (non-hydrogen) atoms. The molecule has 2 aromatic carbocycles. The Morgan fingerprint density at radius 2 is 1.96 bits per heavy atom. The van der Waals surface area contributed by atoms with Crippen LogP contribution in [0.2, 0.25) is 0 Å². The summed E-state index contributed by atoms with van der Waals surface area (Å²) >= 11 is 0. The molecule has 0 radical (unpaired) electrons. The average molecular weight is 379 g/mol. The zero-order valence-corrected chi connectivity index (χ0v) is 14.5. The van der Waals surface area contributed by atoms with Crippen LogP contribution < -0.4 is 4.74 Å². The van der Waals surface area contributed by atoms with Crippen molar-refractivity contribution in [1.29, 1.82) is 5.26 Å². The number of H-pyrrole nitrogens is 1. The summed E-state index contributed by atoms with van der Waals surface area (Å²) in [7, 11) is -1.84. The SMILES string of the molecule is CN=S(C)(=O)c1c(Oc2ccc(F)c(C#N)c2)c(F)c(F)c2[nH]ccc12. The molecule has 9 heteroatoms. The number of aromatic amines is 1. The van der Waals surface area contributed by atoms with E-state index in [4.69, 9.17) is 10.00 Å². The number of rotatable bonds is 3. The predicted molar refractivity (Wildman–Crippen MR) is 90.1 cm³/mol. The summed E-state index contributed by atoms with van der Waals surface area (Å²) in [5, 5.41) is 9.05. The summed E-state index contributed by atoms with van der Waals surface area (Å²) in [5.74, 6) is -4.09. The summed E-state index contributed by atoms with van der Waals surface area (Å²) in [6, 6.07) is 6.21. The molecule has 3 aromatic rings. The van der Waals surface area contributed by atoms with Gasteiger partial charge in [0.05, 0.1) is 20.8 Å². The van der Waals surface area contributed by atoms with Crippen molar-refractivity contribution in [3.8, 4) is 17.6 Å². The van der Waals surface area contributed by atoms with Crippen molar-refractivity contribution in [2.75, 3.05) is 13.3 Å². The van der Waals surface area contributed by atoms with Crippen molar-refractivity contribution in [3.63, 3.8) is 0 Å². The van der Waals surface area contributed by atoms with E-state index in [0.717, 1.165) is 18.2 Å². The molecule has 1 heterocycles. The third kappa shape index (κ3) is 2.78. The summed E-state index contributed by atoms with van der Waals surface area (Å²) in [6.45, 7) is 0. The number of hydrogen-bond acceptors (Lipinski definition) is 4. The van der Waals surface area contributed by atoms with Gasteiger partial charge in [-0.15, -0.1) is 0 Å². The van der Waals surface area contributed by atoms with Gasteiger partial charge in [0.25, 0.3) is 0 Å². The van der Waals surface area contributed by atoms with E-state index in [-0.39, 0.29) is 27.1 Å². The van der Waals surface area contributed by atoms with Gasteiger partial charge in [0.1, 0.15) is 22.5 Å². The highest BCUT2D eigenvalue weighted by Crippen LogP contribution is 2.40. The molecule has 1 aromatic heterocycles. The first-order valence-electron chi connectivity index (χ1n) is 7.26. The van der Waals surface area contributed by atoms with Gasteiger partial charge in [0, 0.05) is 31.0 Å². The van der Waals surface area contributed by atoms with E-state index < -0.39 is 32.9 Å². The lowest BCUT2D eigenvalue weighted by Crippen LogP contribution is -2.05. The van der Waals surface area contributed by atoms with E-state index in [1.54, 1.807) is 6.07 Å². The van der Waals surface area contributed by atoms with E-state index in [1.165, 1.54) is 25.6 Å². The minimum absolute atomic E-state index is 0.108. The lowest BCUT2D eigenvalue weighted by Gasteiger charge is -2.15. The molecule has 1 atom stereocenters. The second-order valence-electron chi connectivity index (χ2n) is 5.39. The summed E-state index contributed by atoms with van der Waals surface area (Å²) in [5.41, 5.74) is -0.495. The van der Waals surface area contributed by atoms with Gasteiger partial charge in [-0.1, -0.05) is 0 Å². The summed E-state index contributed by atoms with van der Waals surface area (Å²) in [4.78, 5) is 2.42. The van der Waals surface area contributed by atoms with Gasteiger partial charge < -0.3 is 9.72 Å². The van der Waals surface area contributed by atoms with Crippen LogP contribution in [-0.2, 0) is 9.73 Å². The number of benzene rings is 2. The Hall–Kier alpha value is -2.99. The lowest BCUT2D eigenvalue weighted by molar-refractivity contribution is 0.408. The molecule has 0 aliphatic carbocycles. The number of nitrogens with zero attached hydrogens (tertiary/aromatic N) is 2. The fourth-order valence-corrected chi connectivity index (χ4v) is 3.74. The summed E-state index contributed by atoms with van der Waals surface area (Å²) in [6.07, 6.45) is 2.64. The Kier molecular flexibility index (Phi) is 4.38. The molecule has 1 N–H and O–H groups in total. The molecule has 0 aliphatic heterocycles. The standard InChI is InChI=1S/C17H12F3N3O2S/c1-22-26(2,24)17-11-5-6-23-15(11)13(19)14(20)16(17)25-10-3-4-12(18)9(7-10)8-21/h3-7,23H,1-2H3. The van der Waals surface area contributed by atoms with Crippen LogP contribution in [0.1, 0.15) is 5.56 Å². The smallest absolute Gasteiger partial charge is 0.204 e. The van der Waals surface area contributed by atoms with Crippen molar-refractivity contribution in [1.82, 2.24) is 4.98 Å². The maximum absolute atomic E-state index is 14.7. The number of nitriles is 1. The number of halogens is 3. The number of nitrogens with one attached hydrogen (secondary N) is 1. The first-order valence-corrected chi connectivity index (χ1v) is 9.18. The Balaban J connectivity index is 2.32. The zero-order valence-electron chi connectivity index (χ0n) is 13.6. The molecule has 0 fully saturated rings. The topological polar surface area (TPSA) is 78.2 Å². The molecule has 134 valence electrons. The number of aromatic nitrogens is 1. The van der Waals surface area contributed by atoms with Crippen LogP contribution in [0.4, 0.5) is 13.2 Å². The molecule has 1 unspecified atom stereocenters. The third-order valence-electron chi connectivity index (χ3n) is 3.81. The molecule has 0 saturated heterocycles. The zero-order chi connectivity index (χ0) is 19.1. The van der Waals surface area contributed by atoms with Crippen LogP contribution in [0, 0.1) is 28.8 Å². The number of ether oxygens (including phenoxy) is 1. The molecule has 0 aliphatic rings. The lowest BCUT2D eigenvalue weighted by atomic mass is 10.2. The highest BCUT2D eigenvalue weighted by atomic mass is 32.2. The molecule has 0 saturated carbocycles. The summed E-state index contributed by atoms with van der Waals surface area (Å²) < 4.78 is 64.5. The highest BCUT2D eigenvalue weighted by Gasteiger charge is 2.27. The minimum atomic E-state index is -3.12. The van der Waals surface area contributed by atoms with E-state index in [2.05, 4.69) is 9.35 Å². The molecule has 5 nitrogen and oxygen atoms in total. The monoisotopic (exact) mass is 379 g/mol. The van der Waals surface area contributed by atoms with Gasteiger partial charge in [-0.25, -0.2) is 17.4 Å². The minimum Gasteiger partial charge on any atom is -0.453 e. The first-order chi connectivity index (χ1) is 12.3. The van der Waals surface area contributed by atoms with Gasteiger partial charge >= 0.3 is 0 Å². The molecule has 0 spiro atoms. The molecule has 0 bridgehead atoms. The van der Waals surface area contributed by atoms with E-state index >= 15 is 0 Å². The maximum Gasteiger partial charge on any atom is 0.204 e. The van der Waals surface area contributed by atoms with E-state index in [1.807, 2.05) is 0 Å². The van der Waals surface area contributed by atoms with Crippen molar-refractivity contribution in [2.24, 2.45) is 4.36 Å². The Morgan fingerprint density at radius 1 is 1.23 bits per heavy atom. The molecular weight excluding hydrogens is 367 g/mol. The molecule has 3 rings (SSSR count). The van der Waals surface area contributed by atoms with Gasteiger partial charge in [-0.2, -0.15) is 9.65 Å². The van der Waals surface area contributed by atoms with Crippen molar-refractivity contribution in [3.05, 3.63) is 53.5 Å². The first kappa shape index (κ1) is 17.8. The normalized spacial score (nSPS) is 13.2. The highest BCUT2D eigenvalue weighted by molar-refractivity contribution is 7.93. The van der Waals surface area contributed by atoms with Crippen LogP contribution in [0.15, 0.2) is 39.7 Å². The van der Waals surface area contributed by atoms with Crippen LogP contribution >= 0.6 is 0 Å². The maximum atomic E-state index is 14.7. The van der Waals surface area contributed by atoms with Gasteiger partial charge in [0.15, 0.2) is 11.6 Å². The Morgan fingerprint density at radius 3 is 2.62 bits per heavy atom. The van der Waals surface area contributed by atoms with Crippen LogP contribution in [-0.4, -0.2) is 22.5 Å². The predicted octanol–water partition coefficient (Wildman–Crippen LogP) is 4.34. The van der Waals surface area contributed by atoms with E-state index in [0.29, 0.717) is 0 Å². The van der Waals surface area contributed by atoms with Gasteiger partial charge in [-0.05, 0) is 18.2 Å². The second-order valence-corrected chi connectivity index (χ2v) is 7.77. The molecular formula is C17H12F3N3O2S. The van der Waals surface area contributed by atoms with Crippen LogP contribution in [0.3, 0.4) is 0 Å². The Labute approximate surface area is 147 Å². The average Bonchev–Trinajstić information content (AvgIpc) is 3.10. The number of hydrogen-bond donors (Lipinski definition) is 1. The Bertz CT molecular complexity index is 1190. The van der Waals surface area contributed by atoms with E-state index in [9.17, 15) is 17.4 Å². The third-order valence-corrected chi connectivity index (χ3v) is 5.67. The quantitative estimate of drug-likeness (QED) is 0.735. The molecule has 0 amide bonds. The fourth-order valence-electron chi connectivity index (χ4n) is 2.50. The van der Waals surface area contributed by atoms with Crippen molar-refractivity contribution in [2.45, 2.75) is 4.90 Å². The van der Waals surface area contributed by atoms with Gasteiger partial charge in [-0.3, -0.25) is 0 Å². The fraction of sp³-hybridized carbons (Fsp3) is 0.118. The van der Waals surface area contributed by atoms with Crippen molar-refractivity contribution >= 4 is 20.6 Å². The number of fused-ring (bicyclic) bond motifs is 1. The van der Waals surface area contributed by atoms with Crippen LogP contribution in [0.5, 0.6) is 11.5 Å². The largest absolute Gasteiger partial charge is 0.453 e. The van der Waals surface area contributed by atoms with Crippen LogP contribution in [0.25, 0.3) is 10.9 Å². The van der Waals surface area contributed by atoms with Crippen molar-refractivity contribution < 1.29 is 22.1 Å².